The lowest BCUT2D eigenvalue weighted by molar-refractivity contribution is -0.121. The zero-order valence-corrected chi connectivity index (χ0v) is 22.1. The van der Waals surface area contributed by atoms with Crippen molar-refractivity contribution in [3.63, 3.8) is 0 Å². The highest BCUT2D eigenvalue weighted by Gasteiger charge is 2.15. The van der Waals surface area contributed by atoms with Crippen LogP contribution in [0.1, 0.15) is 57.8 Å². The van der Waals surface area contributed by atoms with Crippen molar-refractivity contribution in [2.75, 3.05) is 25.4 Å². The van der Waals surface area contributed by atoms with Crippen molar-refractivity contribution < 1.29 is 4.79 Å². The Morgan fingerprint density at radius 2 is 1.69 bits per heavy atom. The molecule has 1 N–H and O–H groups in total. The first-order chi connectivity index (χ1) is 17.1. The van der Waals surface area contributed by atoms with E-state index in [4.69, 9.17) is 0 Å². The van der Waals surface area contributed by atoms with E-state index in [1.165, 1.54) is 5.56 Å². The molecule has 1 atom stereocenters. The van der Waals surface area contributed by atoms with Gasteiger partial charge in [0.1, 0.15) is 5.82 Å². The molecule has 1 heterocycles. The number of carbonyl (C=O) groups excluding carboxylic acids is 1. The maximum Gasteiger partial charge on any atom is 0.220 e. The Balaban J connectivity index is 1.49. The van der Waals surface area contributed by atoms with Crippen molar-refractivity contribution in [1.82, 2.24) is 25.0 Å². The Bertz CT molecular complexity index is 1000. The van der Waals surface area contributed by atoms with Gasteiger partial charge in [-0.15, -0.1) is 10.2 Å². The van der Waals surface area contributed by atoms with Crippen LogP contribution >= 0.6 is 11.8 Å². The Morgan fingerprint density at radius 1 is 1.00 bits per heavy atom. The Morgan fingerprint density at radius 3 is 2.37 bits per heavy atom. The van der Waals surface area contributed by atoms with Gasteiger partial charge in [0.25, 0.3) is 0 Å². The largest absolute Gasteiger partial charge is 0.354 e. The van der Waals surface area contributed by atoms with Crippen molar-refractivity contribution in [2.45, 2.75) is 64.1 Å². The molecular formula is C28H39N5OS. The van der Waals surface area contributed by atoms with Crippen LogP contribution in [0.25, 0.3) is 5.69 Å². The van der Waals surface area contributed by atoms with Gasteiger partial charge in [0.05, 0.1) is 0 Å². The average molecular weight is 494 g/mol. The van der Waals surface area contributed by atoms with Crippen LogP contribution in [-0.2, 0) is 11.2 Å². The molecule has 1 unspecified atom stereocenters. The molecule has 0 saturated carbocycles. The van der Waals surface area contributed by atoms with Gasteiger partial charge in [-0.2, -0.15) is 0 Å². The number of hydrogen-bond donors (Lipinski definition) is 1. The third-order valence-electron chi connectivity index (χ3n) is 6.11. The second-order valence-electron chi connectivity index (χ2n) is 8.82. The molecular weight excluding hydrogens is 454 g/mol. The van der Waals surface area contributed by atoms with Crippen molar-refractivity contribution >= 4 is 17.7 Å². The lowest BCUT2D eigenvalue weighted by atomic mass is 10.1. The summed E-state index contributed by atoms with van der Waals surface area (Å²) in [5, 5.41) is 13.0. The fourth-order valence-electron chi connectivity index (χ4n) is 4.10. The average Bonchev–Trinajstić information content (AvgIpc) is 3.27. The number of para-hydroxylation sites is 1. The van der Waals surface area contributed by atoms with Gasteiger partial charge >= 0.3 is 0 Å². The highest BCUT2D eigenvalue weighted by atomic mass is 32.2. The number of benzene rings is 2. The van der Waals surface area contributed by atoms with Gasteiger partial charge in [0.15, 0.2) is 5.16 Å². The normalized spacial score (nSPS) is 12.1. The molecule has 0 aliphatic rings. The second kappa shape index (κ2) is 14.7. The van der Waals surface area contributed by atoms with Crippen LogP contribution in [0.3, 0.4) is 0 Å². The van der Waals surface area contributed by atoms with E-state index in [0.717, 1.165) is 67.7 Å². The SMILES string of the molecule is CCN(CC)CCCC(C)NC(=O)CCCSc1nnc(Cc2ccccc2)n1-c1ccccc1. The van der Waals surface area contributed by atoms with E-state index in [1.807, 2.05) is 36.4 Å². The number of rotatable bonds is 15. The summed E-state index contributed by atoms with van der Waals surface area (Å²) in [6.45, 7) is 9.75. The first-order valence-corrected chi connectivity index (χ1v) is 13.8. The summed E-state index contributed by atoms with van der Waals surface area (Å²) in [6.07, 6.45) is 4.18. The van der Waals surface area contributed by atoms with Crippen molar-refractivity contribution in [1.29, 1.82) is 0 Å². The van der Waals surface area contributed by atoms with E-state index in [2.05, 4.69) is 70.0 Å². The Kier molecular flexibility index (Phi) is 11.3. The van der Waals surface area contributed by atoms with Crippen LogP contribution in [0, 0.1) is 0 Å². The molecule has 0 spiro atoms. The molecule has 3 aromatic rings. The third-order valence-corrected chi connectivity index (χ3v) is 7.13. The molecule has 1 aromatic heterocycles. The molecule has 0 fully saturated rings. The molecule has 0 saturated heterocycles. The molecule has 0 radical (unpaired) electrons. The minimum atomic E-state index is 0.134. The highest BCUT2D eigenvalue weighted by molar-refractivity contribution is 7.99. The van der Waals surface area contributed by atoms with Crippen LogP contribution in [0.15, 0.2) is 65.8 Å². The first kappa shape index (κ1) is 27.0. The topological polar surface area (TPSA) is 63.1 Å². The lowest BCUT2D eigenvalue weighted by Gasteiger charge is -2.19. The summed E-state index contributed by atoms with van der Waals surface area (Å²) in [7, 11) is 0. The smallest absolute Gasteiger partial charge is 0.220 e. The Labute approximate surface area is 214 Å². The summed E-state index contributed by atoms with van der Waals surface area (Å²) in [6, 6.07) is 20.8. The maximum absolute atomic E-state index is 12.4. The zero-order valence-electron chi connectivity index (χ0n) is 21.3. The van der Waals surface area contributed by atoms with E-state index >= 15 is 0 Å². The van der Waals surface area contributed by atoms with Crippen LogP contribution in [0.2, 0.25) is 0 Å². The van der Waals surface area contributed by atoms with Gasteiger partial charge in [-0.1, -0.05) is 74.1 Å². The van der Waals surface area contributed by atoms with Crippen LogP contribution in [0.4, 0.5) is 0 Å². The van der Waals surface area contributed by atoms with Gasteiger partial charge in [-0.3, -0.25) is 9.36 Å². The number of amides is 1. The highest BCUT2D eigenvalue weighted by Crippen LogP contribution is 2.24. The molecule has 6 nitrogen and oxygen atoms in total. The van der Waals surface area contributed by atoms with Gasteiger partial charge in [-0.05, 0) is 63.5 Å². The molecule has 0 aliphatic heterocycles. The maximum atomic E-state index is 12.4. The summed E-state index contributed by atoms with van der Waals surface area (Å²) in [5.74, 6) is 1.87. The molecule has 0 bridgehead atoms. The van der Waals surface area contributed by atoms with Gasteiger partial charge < -0.3 is 10.2 Å². The molecule has 35 heavy (non-hydrogen) atoms. The van der Waals surface area contributed by atoms with E-state index in [1.54, 1.807) is 11.8 Å². The summed E-state index contributed by atoms with van der Waals surface area (Å²) in [4.78, 5) is 14.8. The van der Waals surface area contributed by atoms with Crippen LogP contribution in [0.5, 0.6) is 0 Å². The minimum Gasteiger partial charge on any atom is -0.354 e. The number of carbonyl (C=O) groups is 1. The second-order valence-corrected chi connectivity index (χ2v) is 9.88. The van der Waals surface area contributed by atoms with Crippen molar-refractivity contribution in [3.8, 4) is 5.69 Å². The van der Waals surface area contributed by atoms with Crippen molar-refractivity contribution in [3.05, 3.63) is 72.1 Å². The molecule has 2 aromatic carbocycles. The zero-order chi connectivity index (χ0) is 24.9. The molecule has 3 rings (SSSR count). The lowest BCUT2D eigenvalue weighted by Crippen LogP contribution is -2.33. The Hall–Kier alpha value is -2.64. The molecule has 7 heteroatoms. The van der Waals surface area contributed by atoms with Crippen LogP contribution in [-0.4, -0.2) is 57.0 Å². The number of thioether (sulfide) groups is 1. The minimum absolute atomic E-state index is 0.134. The molecule has 188 valence electrons. The third kappa shape index (κ3) is 8.82. The number of hydrogen-bond acceptors (Lipinski definition) is 5. The summed E-state index contributed by atoms with van der Waals surface area (Å²) in [5.41, 5.74) is 2.26. The van der Waals surface area contributed by atoms with E-state index in [9.17, 15) is 4.79 Å². The standard InChI is InChI=1S/C28H39N5OS/c1-4-32(5-2)20-12-14-23(3)29-27(34)19-13-21-35-28-31-30-26(22-24-15-8-6-9-16-24)33(28)25-17-10-7-11-18-25/h6-11,15-18,23H,4-5,12-14,19-22H2,1-3H3,(H,29,34). The van der Waals surface area contributed by atoms with Gasteiger partial charge in [0.2, 0.25) is 5.91 Å². The monoisotopic (exact) mass is 493 g/mol. The fraction of sp³-hybridized carbons (Fsp3) is 0.464. The number of nitrogens with one attached hydrogen (secondary N) is 1. The van der Waals surface area contributed by atoms with Gasteiger partial charge in [-0.25, -0.2) is 0 Å². The summed E-state index contributed by atoms with van der Waals surface area (Å²) < 4.78 is 2.13. The number of nitrogens with zero attached hydrogens (tertiary/aromatic N) is 4. The van der Waals surface area contributed by atoms with Gasteiger partial charge in [0, 0.05) is 30.3 Å². The fourth-order valence-corrected chi connectivity index (χ4v) is 5.01. The predicted molar refractivity (Wildman–Crippen MR) is 145 cm³/mol. The van der Waals surface area contributed by atoms with Crippen molar-refractivity contribution in [2.24, 2.45) is 0 Å². The molecule has 1 amide bonds. The first-order valence-electron chi connectivity index (χ1n) is 12.8. The van der Waals surface area contributed by atoms with Crippen LogP contribution < -0.4 is 5.32 Å². The quantitative estimate of drug-likeness (QED) is 0.228. The number of aromatic nitrogens is 3. The van der Waals surface area contributed by atoms with E-state index < -0.39 is 0 Å². The van der Waals surface area contributed by atoms with E-state index in [0.29, 0.717) is 6.42 Å². The summed E-state index contributed by atoms with van der Waals surface area (Å²) >= 11 is 1.66. The molecule has 0 aliphatic carbocycles. The van der Waals surface area contributed by atoms with E-state index in [-0.39, 0.29) is 11.9 Å². The predicted octanol–water partition coefficient (Wildman–Crippen LogP) is 5.36.